The predicted molar refractivity (Wildman–Crippen MR) is 71.1 cm³/mol. The lowest BCUT2D eigenvalue weighted by Crippen LogP contribution is -2.24. The lowest BCUT2D eigenvalue weighted by atomic mass is 9.71. The zero-order valence-corrected chi connectivity index (χ0v) is 11.5. The van der Waals surface area contributed by atoms with Crippen LogP contribution in [0.3, 0.4) is 0 Å². The second-order valence-corrected chi connectivity index (χ2v) is 5.11. The zero-order valence-electron chi connectivity index (χ0n) is 11.5. The molecule has 0 aromatic carbocycles. The Morgan fingerprint density at radius 2 is 1.73 bits per heavy atom. The fourth-order valence-corrected chi connectivity index (χ4v) is 2.82. The van der Waals surface area contributed by atoms with Crippen molar-refractivity contribution in [3.05, 3.63) is 12.2 Å². The van der Waals surface area contributed by atoms with Crippen LogP contribution in [0.2, 0.25) is 0 Å². The van der Waals surface area contributed by atoms with Crippen LogP contribution in [0.1, 0.15) is 66.7 Å². The van der Waals surface area contributed by atoms with E-state index in [1.807, 2.05) is 13.8 Å². The van der Waals surface area contributed by atoms with Crippen LogP contribution < -0.4 is 0 Å². The molecule has 0 heterocycles. The summed E-state index contributed by atoms with van der Waals surface area (Å²) in [5, 5.41) is 0. The quantitative estimate of drug-likeness (QED) is 0.544. The van der Waals surface area contributed by atoms with Gasteiger partial charge in [0.15, 0.2) is 0 Å². The van der Waals surface area contributed by atoms with Crippen molar-refractivity contribution < 1.29 is 0 Å². The Morgan fingerprint density at radius 1 is 1.20 bits per heavy atom. The van der Waals surface area contributed by atoms with Crippen LogP contribution in [0.25, 0.3) is 0 Å². The molecule has 15 heavy (non-hydrogen) atoms. The first-order valence-electron chi connectivity index (χ1n) is 6.75. The highest BCUT2D eigenvalue weighted by atomic mass is 14.3. The average molecular weight is 210 g/mol. The van der Waals surface area contributed by atoms with Gasteiger partial charge >= 0.3 is 0 Å². The van der Waals surface area contributed by atoms with Gasteiger partial charge in [0.1, 0.15) is 0 Å². The number of hydrogen-bond acceptors (Lipinski definition) is 0. The van der Waals surface area contributed by atoms with Crippen LogP contribution in [-0.2, 0) is 0 Å². The normalized spacial score (nSPS) is 25.7. The van der Waals surface area contributed by atoms with E-state index in [0.717, 1.165) is 17.8 Å². The molecule has 90 valence electrons. The Labute approximate surface area is 97.2 Å². The van der Waals surface area contributed by atoms with Gasteiger partial charge in [-0.25, -0.2) is 0 Å². The number of hydrogen-bond donors (Lipinski definition) is 0. The van der Waals surface area contributed by atoms with Crippen molar-refractivity contribution >= 4 is 0 Å². The first-order valence-corrected chi connectivity index (χ1v) is 6.75. The van der Waals surface area contributed by atoms with E-state index < -0.39 is 0 Å². The maximum atomic E-state index is 4.04. The minimum Gasteiger partial charge on any atom is -0.100 e. The van der Waals surface area contributed by atoms with Gasteiger partial charge in [-0.05, 0) is 43.9 Å². The third-order valence-corrected chi connectivity index (χ3v) is 3.43. The number of rotatable bonds is 3. The van der Waals surface area contributed by atoms with E-state index in [9.17, 15) is 0 Å². The summed E-state index contributed by atoms with van der Waals surface area (Å²) in [6, 6.07) is 0. The average Bonchev–Trinajstić information content (AvgIpc) is 2.20. The molecule has 1 saturated carbocycles. The Morgan fingerprint density at radius 3 is 2.20 bits per heavy atom. The van der Waals surface area contributed by atoms with Gasteiger partial charge in [0.25, 0.3) is 0 Å². The van der Waals surface area contributed by atoms with Crippen molar-refractivity contribution in [1.29, 1.82) is 0 Å². The summed E-state index contributed by atoms with van der Waals surface area (Å²) in [6.45, 7) is 15.0. The maximum absolute atomic E-state index is 4.04. The van der Waals surface area contributed by atoms with Gasteiger partial charge in [-0.1, -0.05) is 46.1 Å². The molecular formula is C15H30. The Bertz CT molecular complexity index is 167. The van der Waals surface area contributed by atoms with Gasteiger partial charge in [-0.3, -0.25) is 0 Å². The third kappa shape index (κ3) is 5.39. The minimum atomic E-state index is 0.865. The van der Waals surface area contributed by atoms with E-state index in [1.54, 1.807) is 0 Å². The van der Waals surface area contributed by atoms with Crippen molar-refractivity contribution in [2.45, 2.75) is 66.7 Å². The molecule has 1 aliphatic carbocycles. The molecule has 1 fully saturated rings. The third-order valence-electron chi connectivity index (χ3n) is 3.43. The highest BCUT2D eigenvalue weighted by molar-refractivity contribution is 4.93. The summed E-state index contributed by atoms with van der Waals surface area (Å²) in [5.41, 5.74) is 1.37. The molecule has 0 N–H and O–H groups in total. The molecule has 2 atom stereocenters. The van der Waals surface area contributed by atoms with Crippen molar-refractivity contribution in [3.63, 3.8) is 0 Å². The molecule has 0 bridgehead atoms. The highest BCUT2D eigenvalue weighted by Crippen LogP contribution is 2.38. The summed E-state index contributed by atoms with van der Waals surface area (Å²) in [5.74, 6) is 2.77. The summed E-state index contributed by atoms with van der Waals surface area (Å²) in [7, 11) is 0. The van der Waals surface area contributed by atoms with Gasteiger partial charge < -0.3 is 0 Å². The molecule has 0 spiro atoms. The molecule has 0 aromatic rings. The highest BCUT2D eigenvalue weighted by Gasteiger charge is 2.26. The standard InChI is InChI=1S/C13H24.C2H6/c1-10(2)9-12-7-5-6-8-13(12)11(3)4;1-2/h11-13H,1,5-9H2,2-4H3;1-2H3. The molecule has 0 amide bonds. The van der Waals surface area contributed by atoms with Crippen LogP contribution in [0.15, 0.2) is 12.2 Å². The first kappa shape index (κ1) is 14.7. The molecule has 0 aliphatic heterocycles. The largest absolute Gasteiger partial charge is 0.100 e. The van der Waals surface area contributed by atoms with Crippen LogP contribution in [0.5, 0.6) is 0 Å². The lowest BCUT2D eigenvalue weighted by molar-refractivity contribution is 0.179. The van der Waals surface area contributed by atoms with E-state index in [-0.39, 0.29) is 0 Å². The van der Waals surface area contributed by atoms with Crippen LogP contribution in [0.4, 0.5) is 0 Å². The van der Waals surface area contributed by atoms with E-state index in [2.05, 4.69) is 27.4 Å². The van der Waals surface area contributed by atoms with Gasteiger partial charge in [0, 0.05) is 0 Å². The molecule has 0 saturated heterocycles. The van der Waals surface area contributed by atoms with Gasteiger partial charge in [0.05, 0.1) is 0 Å². The Balaban J connectivity index is 0.000000921. The smallest absolute Gasteiger partial charge is 0.0295 e. The van der Waals surface area contributed by atoms with E-state index in [1.165, 1.54) is 37.7 Å². The molecule has 0 nitrogen and oxygen atoms in total. The van der Waals surface area contributed by atoms with E-state index in [0.29, 0.717) is 0 Å². The zero-order chi connectivity index (χ0) is 11.8. The molecule has 2 unspecified atom stereocenters. The van der Waals surface area contributed by atoms with Gasteiger partial charge in [-0.15, -0.1) is 6.58 Å². The fourth-order valence-electron chi connectivity index (χ4n) is 2.82. The molecule has 1 rings (SSSR count). The second kappa shape index (κ2) is 7.96. The van der Waals surface area contributed by atoms with Crippen LogP contribution in [0, 0.1) is 17.8 Å². The van der Waals surface area contributed by atoms with Gasteiger partial charge in [-0.2, -0.15) is 0 Å². The Hall–Kier alpha value is -0.260. The lowest BCUT2D eigenvalue weighted by Gasteiger charge is -2.34. The summed E-state index contributed by atoms with van der Waals surface area (Å²) in [4.78, 5) is 0. The molecule has 0 radical (unpaired) electrons. The summed E-state index contributed by atoms with van der Waals surface area (Å²) < 4.78 is 0. The SMILES string of the molecule is C=C(C)CC1CCCCC1C(C)C.CC. The van der Waals surface area contributed by atoms with Crippen molar-refractivity contribution in [1.82, 2.24) is 0 Å². The topological polar surface area (TPSA) is 0 Å². The van der Waals surface area contributed by atoms with E-state index in [4.69, 9.17) is 0 Å². The molecular weight excluding hydrogens is 180 g/mol. The summed E-state index contributed by atoms with van der Waals surface area (Å²) >= 11 is 0. The van der Waals surface area contributed by atoms with E-state index >= 15 is 0 Å². The van der Waals surface area contributed by atoms with Crippen molar-refractivity contribution in [2.75, 3.05) is 0 Å². The summed E-state index contributed by atoms with van der Waals surface area (Å²) in [6.07, 6.45) is 7.06. The van der Waals surface area contributed by atoms with Gasteiger partial charge in [0.2, 0.25) is 0 Å². The maximum Gasteiger partial charge on any atom is -0.0295 e. The second-order valence-electron chi connectivity index (χ2n) is 5.11. The van der Waals surface area contributed by atoms with Crippen LogP contribution in [-0.4, -0.2) is 0 Å². The van der Waals surface area contributed by atoms with Crippen molar-refractivity contribution in [2.24, 2.45) is 17.8 Å². The first-order chi connectivity index (χ1) is 7.11. The number of allylic oxidation sites excluding steroid dienone is 1. The minimum absolute atomic E-state index is 0.865. The predicted octanol–water partition coefficient (Wildman–Crippen LogP) is 5.44. The Kier molecular flexibility index (Phi) is 7.82. The molecule has 0 aromatic heterocycles. The molecule has 0 heteroatoms. The fraction of sp³-hybridized carbons (Fsp3) is 0.867. The molecule has 1 aliphatic rings. The van der Waals surface area contributed by atoms with Crippen molar-refractivity contribution in [3.8, 4) is 0 Å². The van der Waals surface area contributed by atoms with Crippen LogP contribution >= 0.6 is 0 Å². The monoisotopic (exact) mass is 210 g/mol.